The molecular formula is C20H25N3O. The molecule has 4 rings (SSSR count). The largest absolute Gasteiger partial charge is 0.345 e. The fraction of sp³-hybridized carbons (Fsp3) is 0.500. The van der Waals surface area contributed by atoms with Crippen molar-refractivity contribution >= 4 is 16.8 Å². The highest BCUT2D eigenvalue weighted by Gasteiger charge is 2.39. The van der Waals surface area contributed by atoms with Gasteiger partial charge in [-0.15, -0.1) is 0 Å². The van der Waals surface area contributed by atoms with Gasteiger partial charge in [0.05, 0.1) is 5.52 Å². The minimum absolute atomic E-state index is 0.313. The number of likely N-dealkylation sites (tertiary alicyclic amines) is 2. The summed E-state index contributed by atoms with van der Waals surface area (Å²) in [6.07, 6.45) is 6.07. The Morgan fingerprint density at radius 1 is 1.17 bits per heavy atom. The fourth-order valence-corrected chi connectivity index (χ4v) is 4.31. The van der Waals surface area contributed by atoms with E-state index in [4.69, 9.17) is 0 Å². The highest BCUT2D eigenvalue weighted by atomic mass is 16.2. The topological polar surface area (TPSA) is 36.4 Å². The Morgan fingerprint density at radius 2 is 2.00 bits per heavy atom. The number of carbonyl (C=O) groups excluding carboxylic acids is 1. The summed E-state index contributed by atoms with van der Waals surface area (Å²) in [5.41, 5.74) is 2.79. The second-order valence-electron chi connectivity index (χ2n) is 7.56. The van der Waals surface area contributed by atoms with Gasteiger partial charge in [0, 0.05) is 38.1 Å². The molecule has 0 saturated carbocycles. The standard InChI is InChI=1S/C20H25N3O/c1-22-15-20(7-6-19(22)24)8-11-23(12-9-20)14-16-4-5-18-17(13-16)3-2-10-21-18/h2-5,10,13H,6-9,11-12,14-15H2,1H3. The van der Waals surface area contributed by atoms with Gasteiger partial charge >= 0.3 is 0 Å². The molecule has 4 nitrogen and oxygen atoms in total. The van der Waals surface area contributed by atoms with E-state index in [1.165, 1.54) is 23.8 Å². The van der Waals surface area contributed by atoms with Crippen LogP contribution in [0.2, 0.25) is 0 Å². The Hall–Kier alpha value is -1.94. The number of rotatable bonds is 2. The first-order valence-corrected chi connectivity index (χ1v) is 8.94. The van der Waals surface area contributed by atoms with Crippen molar-refractivity contribution in [1.29, 1.82) is 0 Å². The molecule has 1 amide bonds. The second-order valence-corrected chi connectivity index (χ2v) is 7.56. The predicted molar refractivity (Wildman–Crippen MR) is 95.6 cm³/mol. The Bertz CT molecular complexity index is 749. The van der Waals surface area contributed by atoms with Crippen LogP contribution in [0.1, 0.15) is 31.2 Å². The number of carbonyl (C=O) groups is 1. The molecule has 126 valence electrons. The Balaban J connectivity index is 1.40. The van der Waals surface area contributed by atoms with E-state index < -0.39 is 0 Å². The average Bonchev–Trinajstić information content (AvgIpc) is 2.61. The van der Waals surface area contributed by atoms with Gasteiger partial charge in [-0.3, -0.25) is 14.7 Å². The van der Waals surface area contributed by atoms with Gasteiger partial charge in [0.15, 0.2) is 0 Å². The molecule has 2 fully saturated rings. The second kappa shape index (κ2) is 6.17. The number of fused-ring (bicyclic) bond motifs is 1. The van der Waals surface area contributed by atoms with E-state index in [1.807, 2.05) is 24.2 Å². The first-order valence-electron chi connectivity index (χ1n) is 8.94. The number of amides is 1. The minimum atomic E-state index is 0.313. The molecule has 3 heterocycles. The van der Waals surface area contributed by atoms with Gasteiger partial charge in [0.25, 0.3) is 0 Å². The van der Waals surface area contributed by atoms with Gasteiger partial charge in [-0.2, -0.15) is 0 Å². The van der Waals surface area contributed by atoms with Crippen molar-refractivity contribution in [2.24, 2.45) is 5.41 Å². The number of hydrogen-bond acceptors (Lipinski definition) is 3. The van der Waals surface area contributed by atoms with Gasteiger partial charge in [-0.25, -0.2) is 0 Å². The van der Waals surface area contributed by atoms with Crippen LogP contribution in [0.15, 0.2) is 36.5 Å². The number of nitrogens with zero attached hydrogens (tertiary/aromatic N) is 3. The van der Waals surface area contributed by atoms with Gasteiger partial charge in [-0.1, -0.05) is 12.1 Å². The van der Waals surface area contributed by atoms with Crippen LogP contribution in [-0.4, -0.2) is 47.4 Å². The quantitative estimate of drug-likeness (QED) is 0.852. The molecule has 2 aromatic rings. The lowest BCUT2D eigenvalue weighted by molar-refractivity contribution is -0.137. The average molecular weight is 323 g/mol. The smallest absolute Gasteiger partial charge is 0.222 e. The van der Waals surface area contributed by atoms with Crippen LogP contribution in [-0.2, 0) is 11.3 Å². The fourth-order valence-electron chi connectivity index (χ4n) is 4.31. The normalized spacial score (nSPS) is 21.5. The van der Waals surface area contributed by atoms with Crippen molar-refractivity contribution in [3.63, 3.8) is 0 Å². The SMILES string of the molecule is CN1CC2(CCC1=O)CCN(Cc1ccc3ncccc3c1)CC2. The summed E-state index contributed by atoms with van der Waals surface area (Å²) in [7, 11) is 1.96. The highest BCUT2D eigenvalue weighted by Crippen LogP contribution is 2.40. The third-order valence-electron chi connectivity index (χ3n) is 5.86. The van der Waals surface area contributed by atoms with Crippen molar-refractivity contribution < 1.29 is 4.79 Å². The third kappa shape index (κ3) is 3.03. The molecule has 1 spiro atoms. The van der Waals surface area contributed by atoms with Crippen molar-refractivity contribution in [3.8, 4) is 0 Å². The first-order chi connectivity index (χ1) is 11.6. The molecular weight excluding hydrogens is 298 g/mol. The summed E-state index contributed by atoms with van der Waals surface area (Å²) in [5, 5.41) is 1.22. The van der Waals surface area contributed by atoms with E-state index >= 15 is 0 Å². The van der Waals surface area contributed by atoms with Gasteiger partial charge in [0.1, 0.15) is 0 Å². The lowest BCUT2D eigenvalue weighted by atomic mass is 9.72. The molecule has 24 heavy (non-hydrogen) atoms. The molecule has 2 aliphatic heterocycles. The summed E-state index contributed by atoms with van der Waals surface area (Å²) >= 11 is 0. The summed E-state index contributed by atoms with van der Waals surface area (Å²) < 4.78 is 0. The monoisotopic (exact) mass is 323 g/mol. The maximum atomic E-state index is 11.7. The van der Waals surface area contributed by atoms with Gasteiger partial charge in [-0.05, 0) is 61.5 Å². The summed E-state index contributed by atoms with van der Waals surface area (Å²) in [4.78, 5) is 20.6. The zero-order chi connectivity index (χ0) is 16.6. The predicted octanol–water partition coefficient (Wildman–Crippen LogP) is 3.07. The van der Waals surface area contributed by atoms with Gasteiger partial charge in [0.2, 0.25) is 5.91 Å². The molecule has 1 aromatic heterocycles. The summed E-state index contributed by atoms with van der Waals surface area (Å²) in [6, 6.07) is 10.7. The van der Waals surface area contributed by atoms with Crippen LogP contribution in [0.25, 0.3) is 10.9 Å². The van der Waals surface area contributed by atoms with E-state index in [1.54, 1.807) is 0 Å². The van der Waals surface area contributed by atoms with Gasteiger partial charge < -0.3 is 4.90 Å². The van der Waals surface area contributed by atoms with Crippen LogP contribution in [0.3, 0.4) is 0 Å². The van der Waals surface area contributed by atoms with Crippen molar-refractivity contribution in [1.82, 2.24) is 14.8 Å². The number of piperidine rings is 2. The molecule has 0 unspecified atom stereocenters. The molecule has 1 aromatic carbocycles. The lowest BCUT2D eigenvalue weighted by Gasteiger charge is -2.46. The number of aromatic nitrogens is 1. The Labute approximate surface area is 143 Å². The molecule has 2 aliphatic rings. The zero-order valence-corrected chi connectivity index (χ0v) is 14.4. The van der Waals surface area contributed by atoms with Crippen molar-refractivity contribution in [2.45, 2.75) is 32.2 Å². The van der Waals surface area contributed by atoms with Crippen LogP contribution in [0.5, 0.6) is 0 Å². The molecule has 0 bridgehead atoms. The highest BCUT2D eigenvalue weighted by molar-refractivity contribution is 5.79. The molecule has 0 aliphatic carbocycles. The third-order valence-corrected chi connectivity index (χ3v) is 5.86. The first kappa shape index (κ1) is 15.6. The number of pyridine rings is 1. The number of hydrogen-bond donors (Lipinski definition) is 0. The van der Waals surface area contributed by atoms with Crippen molar-refractivity contribution in [3.05, 3.63) is 42.1 Å². The summed E-state index contributed by atoms with van der Waals surface area (Å²) in [6.45, 7) is 4.22. The van der Waals surface area contributed by atoms with E-state index in [-0.39, 0.29) is 0 Å². The molecule has 0 atom stereocenters. The zero-order valence-electron chi connectivity index (χ0n) is 14.4. The molecule has 2 saturated heterocycles. The van der Waals surface area contributed by atoms with E-state index in [0.717, 1.165) is 44.5 Å². The maximum absolute atomic E-state index is 11.7. The maximum Gasteiger partial charge on any atom is 0.222 e. The Morgan fingerprint density at radius 3 is 2.79 bits per heavy atom. The van der Waals surface area contributed by atoms with E-state index in [9.17, 15) is 4.79 Å². The van der Waals surface area contributed by atoms with E-state index in [0.29, 0.717) is 11.3 Å². The van der Waals surface area contributed by atoms with Crippen LogP contribution >= 0.6 is 0 Å². The van der Waals surface area contributed by atoms with Crippen molar-refractivity contribution in [2.75, 3.05) is 26.7 Å². The molecule has 0 radical (unpaired) electrons. The molecule has 4 heteroatoms. The minimum Gasteiger partial charge on any atom is -0.345 e. The van der Waals surface area contributed by atoms with Crippen LogP contribution in [0, 0.1) is 5.41 Å². The van der Waals surface area contributed by atoms with Crippen LogP contribution < -0.4 is 0 Å². The lowest BCUT2D eigenvalue weighted by Crippen LogP contribution is -2.50. The number of benzene rings is 1. The van der Waals surface area contributed by atoms with E-state index in [2.05, 4.69) is 34.1 Å². The molecule has 0 N–H and O–H groups in total. The Kier molecular flexibility index (Phi) is 4.01. The summed E-state index contributed by atoms with van der Waals surface area (Å²) in [5.74, 6) is 0.313. The van der Waals surface area contributed by atoms with Crippen LogP contribution in [0.4, 0.5) is 0 Å².